The minimum absolute atomic E-state index is 0.0144. The molecule has 0 radical (unpaired) electrons. The van der Waals surface area contributed by atoms with Gasteiger partial charge < -0.3 is 10.8 Å². The van der Waals surface area contributed by atoms with Crippen LogP contribution in [0.25, 0.3) is 0 Å². The average Bonchev–Trinajstić information content (AvgIpc) is 2.46. The number of carbonyl (C=O) groups is 2. The van der Waals surface area contributed by atoms with Crippen molar-refractivity contribution in [2.24, 2.45) is 5.73 Å². The molecular weight excluding hydrogens is 254 g/mol. The van der Waals surface area contributed by atoms with Gasteiger partial charge in [-0.15, -0.1) is 0 Å². The number of aryl methyl sites for hydroxylation is 2. The first kappa shape index (κ1) is 13.8. The Balaban J connectivity index is 2.10. The second kappa shape index (κ2) is 6.02. The summed E-state index contributed by atoms with van der Waals surface area (Å²) in [6.45, 7) is 0. The topological polar surface area (TPSA) is 80.4 Å². The number of aldehydes is 1. The lowest BCUT2D eigenvalue weighted by Crippen LogP contribution is -2.11. The minimum Gasteiger partial charge on any atom is -0.507 e. The minimum atomic E-state index is -0.445. The normalized spacial score (nSPS) is 10.2. The van der Waals surface area contributed by atoms with E-state index in [0.29, 0.717) is 18.3 Å². The van der Waals surface area contributed by atoms with Crippen LogP contribution in [0.15, 0.2) is 42.5 Å². The van der Waals surface area contributed by atoms with Gasteiger partial charge in [0.05, 0.1) is 5.56 Å². The Kier molecular flexibility index (Phi) is 4.15. The number of amides is 1. The number of benzene rings is 2. The van der Waals surface area contributed by atoms with E-state index >= 15 is 0 Å². The van der Waals surface area contributed by atoms with Crippen LogP contribution in [0.5, 0.6) is 5.75 Å². The predicted octanol–water partition coefficient (Wildman–Crippen LogP) is 2.09. The van der Waals surface area contributed by atoms with Crippen LogP contribution in [0.4, 0.5) is 0 Å². The van der Waals surface area contributed by atoms with Gasteiger partial charge in [-0.1, -0.05) is 18.2 Å². The largest absolute Gasteiger partial charge is 0.507 e. The second-order valence-electron chi connectivity index (χ2n) is 4.58. The molecule has 3 N–H and O–H groups in total. The van der Waals surface area contributed by atoms with E-state index in [0.717, 1.165) is 17.5 Å². The Labute approximate surface area is 116 Å². The number of nitrogens with two attached hydrogens (primary N) is 1. The molecule has 0 spiro atoms. The maximum atomic E-state index is 11.1. The fraction of sp³-hybridized carbons (Fsp3) is 0.125. The van der Waals surface area contributed by atoms with Crippen molar-refractivity contribution in [1.29, 1.82) is 0 Å². The third kappa shape index (κ3) is 3.23. The summed E-state index contributed by atoms with van der Waals surface area (Å²) < 4.78 is 0. The molecule has 0 bridgehead atoms. The van der Waals surface area contributed by atoms with E-state index in [2.05, 4.69) is 0 Å². The number of phenols is 1. The third-order valence-corrected chi connectivity index (χ3v) is 3.13. The Morgan fingerprint density at radius 1 is 1.10 bits per heavy atom. The van der Waals surface area contributed by atoms with Gasteiger partial charge in [-0.3, -0.25) is 9.59 Å². The molecule has 0 aromatic heterocycles. The number of carbonyl (C=O) groups excluding carboxylic acids is 2. The molecule has 0 aliphatic rings. The lowest BCUT2D eigenvalue weighted by Gasteiger charge is -2.05. The number of aromatic hydroxyl groups is 1. The van der Waals surface area contributed by atoms with Gasteiger partial charge in [0.15, 0.2) is 6.29 Å². The smallest absolute Gasteiger partial charge is 0.248 e. The summed E-state index contributed by atoms with van der Waals surface area (Å²) >= 11 is 0. The monoisotopic (exact) mass is 269 g/mol. The van der Waals surface area contributed by atoms with Crippen molar-refractivity contribution in [2.45, 2.75) is 12.8 Å². The van der Waals surface area contributed by atoms with Crippen molar-refractivity contribution in [3.05, 3.63) is 64.7 Å². The van der Waals surface area contributed by atoms with Crippen LogP contribution < -0.4 is 5.73 Å². The molecule has 0 saturated carbocycles. The summed E-state index contributed by atoms with van der Waals surface area (Å²) in [5, 5.41) is 9.44. The van der Waals surface area contributed by atoms with Gasteiger partial charge in [-0.25, -0.2) is 0 Å². The molecule has 2 rings (SSSR count). The molecule has 0 atom stereocenters. The van der Waals surface area contributed by atoms with Crippen LogP contribution in [0, 0.1) is 0 Å². The van der Waals surface area contributed by atoms with E-state index in [1.165, 1.54) is 6.07 Å². The molecule has 1 amide bonds. The van der Waals surface area contributed by atoms with Crippen molar-refractivity contribution in [2.75, 3.05) is 0 Å². The zero-order valence-corrected chi connectivity index (χ0v) is 10.9. The van der Waals surface area contributed by atoms with E-state index in [1.807, 2.05) is 6.07 Å². The van der Waals surface area contributed by atoms with Gasteiger partial charge in [0.2, 0.25) is 5.91 Å². The Hall–Kier alpha value is -2.62. The van der Waals surface area contributed by atoms with E-state index in [4.69, 9.17) is 5.73 Å². The van der Waals surface area contributed by atoms with Crippen molar-refractivity contribution in [3.63, 3.8) is 0 Å². The fourth-order valence-electron chi connectivity index (χ4n) is 2.02. The highest BCUT2D eigenvalue weighted by molar-refractivity contribution is 5.92. The Morgan fingerprint density at radius 3 is 2.45 bits per heavy atom. The molecule has 102 valence electrons. The third-order valence-electron chi connectivity index (χ3n) is 3.13. The standard InChI is InChI=1S/C16H15NO3/c17-16(20)13-3-1-2-11(8-13)4-5-12-6-7-15(19)14(9-12)10-18/h1-3,6-10,19H,4-5H2,(H2,17,20). The summed E-state index contributed by atoms with van der Waals surface area (Å²) in [5.74, 6) is -0.459. The number of hydrogen-bond donors (Lipinski definition) is 2. The van der Waals surface area contributed by atoms with Crippen LogP contribution in [0.1, 0.15) is 31.8 Å². The SMILES string of the molecule is NC(=O)c1cccc(CCc2ccc(O)c(C=O)c2)c1. The molecule has 0 saturated heterocycles. The Morgan fingerprint density at radius 2 is 1.80 bits per heavy atom. The van der Waals surface area contributed by atoms with Gasteiger partial charge in [-0.2, -0.15) is 0 Å². The maximum absolute atomic E-state index is 11.1. The molecule has 4 heteroatoms. The lowest BCUT2D eigenvalue weighted by molar-refractivity contribution is 0.0999. The van der Waals surface area contributed by atoms with E-state index < -0.39 is 5.91 Å². The van der Waals surface area contributed by atoms with Crippen LogP contribution in [-0.4, -0.2) is 17.3 Å². The molecular formula is C16H15NO3. The van der Waals surface area contributed by atoms with Gasteiger partial charge in [0, 0.05) is 5.56 Å². The van der Waals surface area contributed by atoms with Gasteiger partial charge in [-0.05, 0) is 48.2 Å². The molecule has 20 heavy (non-hydrogen) atoms. The summed E-state index contributed by atoms with van der Waals surface area (Å²) in [5.41, 5.74) is 7.97. The van der Waals surface area contributed by atoms with E-state index in [1.54, 1.807) is 30.3 Å². The summed E-state index contributed by atoms with van der Waals surface area (Å²) in [7, 11) is 0. The maximum Gasteiger partial charge on any atom is 0.248 e. The van der Waals surface area contributed by atoms with Crippen molar-refractivity contribution in [1.82, 2.24) is 0 Å². The zero-order chi connectivity index (χ0) is 14.5. The number of phenolic OH excluding ortho intramolecular Hbond substituents is 1. The van der Waals surface area contributed by atoms with Gasteiger partial charge in [0.25, 0.3) is 0 Å². The highest BCUT2D eigenvalue weighted by atomic mass is 16.3. The zero-order valence-electron chi connectivity index (χ0n) is 10.9. The first-order valence-corrected chi connectivity index (χ1v) is 6.26. The predicted molar refractivity (Wildman–Crippen MR) is 75.9 cm³/mol. The van der Waals surface area contributed by atoms with Crippen molar-refractivity contribution >= 4 is 12.2 Å². The van der Waals surface area contributed by atoms with Crippen LogP contribution >= 0.6 is 0 Å². The summed E-state index contributed by atoms with van der Waals surface area (Å²) in [4.78, 5) is 21.9. The second-order valence-corrected chi connectivity index (χ2v) is 4.58. The summed E-state index contributed by atoms with van der Waals surface area (Å²) in [6, 6.07) is 12.1. The molecule has 2 aromatic rings. The summed E-state index contributed by atoms with van der Waals surface area (Å²) in [6.07, 6.45) is 2.07. The number of rotatable bonds is 5. The molecule has 4 nitrogen and oxygen atoms in total. The molecule has 2 aromatic carbocycles. The van der Waals surface area contributed by atoms with Gasteiger partial charge in [0.1, 0.15) is 5.75 Å². The fourth-order valence-corrected chi connectivity index (χ4v) is 2.02. The molecule has 0 unspecified atom stereocenters. The van der Waals surface area contributed by atoms with E-state index in [9.17, 15) is 14.7 Å². The van der Waals surface area contributed by atoms with Crippen LogP contribution in [0.3, 0.4) is 0 Å². The number of primary amides is 1. The first-order valence-electron chi connectivity index (χ1n) is 6.26. The average molecular weight is 269 g/mol. The van der Waals surface area contributed by atoms with Crippen LogP contribution in [-0.2, 0) is 12.8 Å². The Bertz CT molecular complexity index is 650. The van der Waals surface area contributed by atoms with Crippen LogP contribution in [0.2, 0.25) is 0 Å². The van der Waals surface area contributed by atoms with Crippen molar-refractivity contribution < 1.29 is 14.7 Å². The molecule has 0 heterocycles. The molecule has 0 aliphatic carbocycles. The van der Waals surface area contributed by atoms with Crippen molar-refractivity contribution in [3.8, 4) is 5.75 Å². The highest BCUT2D eigenvalue weighted by Gasteiger charge is 2.04. The molecule has 0 fully saturated rings. The highest BCUT2D eigenvalue weighted by Crippen LogP contribution is 2.18. The van der Waals surface area contributed by atoms with Gasteiger partial charge >= 0.3 is 0 Å². The lowest BCUT2D eigenvalue weighted by atomic mass is 10.0. The number of hydrogen-bond acceptors (Lipinski definition) is 3. The quantitative estimate of drug-likeness (QED) is 0.815. The van der Waals surface area contributed by atoms with E-state index in [-0.39, 0.29) is 11.3 Å². The molecule has 0 aliphatic heterocycles. The first-order chi connectivity index (χ1) is 9.60.